The first-order chi connectivity index (χ1) is 8.99. The third kappa shape index (κ3) is 4.24. The van der Waals surface area contributed by atoms with Gasteiger partial charge in [0.1, 0.15) is 0 Å². The van der Waals surface area contributed by atoms with Crippen LogP contribution in [-0.4, -0.2) is 25.0 Å². The first-order valence-electron chi connectivity index (χ1n) is 6.91. The summed E-state index contributed by atoms with van der Waals surface area (Å²) in [5.41, 5.74) is 7.76. The monoisotopic (exact) mass is 263 g/mol. The summed E-state index contributed by atoms with van der Waals surface area (Å²) in [7, 11) is 0. The predicted molar refractivity (Wildman–Crippen MR) is 81.4 cm³/mol. The van der Waals surface area contributed by atoms with Crippen molar-refractivity contribution in [3.63, 3.8) is 0 Å². The molecule has 1 rings (SSSR count). The van der Waals surface area contributed by atoms with Gasteiger partial charge in [0.05, 0.1) is 6.04 Å². The minimum absolute atomic E-state index is 0.134. The number of benzene rings is 1. The number of hydrogen-bond donors (Lipinski definition) is 2. The molecule has 0 fully saturated rings. The minimum Gasteiger partial charge on any atom is -0.372 e. The average molecular weight is 263 g/mol. The maximum Gasteiger partial charge on any atom is 0.241 e. The number of amides is 1. The van der Waals surface area contributed by atoms with E-state index < -0.39 is 6.04 Å². The van der Waals surface area contributed by atoms with Crippen LogP contribution in [0.1, 0.15) is 27.7 Å². The van der Waals surface area contributed by atoms with Crippen LogP contribution in [-0.2, 0) is 4.79 Å². The molecule has 1 amide bonds. The van der Waals surface area contributed by atoms with Gasteiger partial charge in [-0.1, -0.05) is 13.8 Å². The maximum atomic E-state index is 11.8. The second-order valence-electron chi connectivity index (χ2n) is 4.98. The Kier molecular flexibility index (Phi) is 5.83. The number of carbonyl (C=O) groups excluding carboxylic acids is 1. The van der Waals surface area contributed by atoms with E-state index in [4.69, 9.17) is 5.73 Å². The van der Waals surface area contributed by atoms with E-state index in [-0.39, 0.29) is 11.8 Å². The molecule has 0 aromatic heterocycles. The molecule has 1 unspecified atom stereocenters. The van der Waals surface area contributed by atoms with Crippen LogP contribution >= 0.6 is 0 Å². The smallest absolute Gasteiger partial charge is 0.241 e. The fourth-order valence-electron chi connectivity index (χ4n) is 1.87. The number of nitrogens with one attached hydrogen (secondary N) is 1. The van der Waals surface area contributed by atoms with Crippen molar-refractivity contribution >= 4 is 17.3 Å². The minimum atomic E-state index is -0.470. The quantitative estimate of drug-likeness (QED) is 0.829. The van der Waals surface area contributed by atoms with Crippen molar-refractivity contribution in [2.75, 3.05) is 23.3 Å². The van der Waals surface area contributed by atoms with Crippen LogP contribution in [0.5, 0.6) is 0 Å². The van der Waals surface area contributed by atoms with Crippen LogP contribution in [0, 0.1) is 5.92 Å². The van der Waals surface area contributed by atoms with E-state index in [2.05, 4.69) is 24.1 Å². The second-order valence-corrected chi connectivity index (χ2v) is 4.98. The van der Waals surface area contributed by atoms with Gasteiger partial charge < -0.3 is 16.0 Å². The van der Waals surface area contributed by atoms with Crippen LogP contribution in [0.15, 0.2) is 24.3 Å². The summed E-state index contributed by atoms with van der Waals surface area (Å²) < 4.78 is 0. The Morgan fingerprint density at radius 1 is 1.21 bits per heavy atom. The number of nitrogens with two attached hydrogens (primary N) is 1. The van der Waals surface area contributed by atoms with Crippen LogP contribution < -0.4 is 16.0 Å². The molecule has 0 saturated carbocycles. The van der Waals surface area contributed by atoms with Crippen molar-refractivity contribution in [1.82, 2.24) is 0 Å². The lowest BCUT2D eigenvalue weighted by atomic mass is 10.0. The third-order valence-electron chi connectivity index (χ3n) is 3.28. The zero-order chi connectivity index (χ0) is 14.4. The van der Waals surface area contributed by atoms with Crippen molar-refractivity contribution in [2.45, 2.75) is 33.7 Å². The second kappa shape index (κ2) is 7.14. The topological polar surface area (TPSA) is 58.4 Å². The fraction of sp³-hybridized carbons (Fsp3) is 0.533. The Bertz CT molecular complexity index is 396. The molecular formula is C15H25N3O. The highest BCUT2D eigenvalue weighted by atomic mass is 16.2. The normalized spacial score (nSPS) is 12.3. The summed E-state index contributed by atoms with van der Waals surface area (Å²) in [5, 5.41) is 2.84. The highest BCUT2D eigenvalue weighted by Crippen LogP contribution is 2.18. The number of rotatable bonds is 6. The van der Waals surface area contributed by atoms with E-state index in [1.165, 1.54) is 0 Å². The van der Waals surface area contributed by atoms with Gasteiger partial charge in [0.15, 0.2) is 0 Å². The summed E-state index contributed by atoms with van der Waals surface area (Å²) in [5.74, 6) is 0.000497. The first-order valence-corrected chi connectivity index (χ1v) is 6.91. The van der Waals surface area contributed by atoms with Crippen LogP contribution in [0.4, 0.5) is 11.4 Å². The summed E-state index contributed by atoms with van der Waals surface area (Å²) in [6.45, 7) is 10.1. The van der Waals surface area contributed by atoms with E-state index in [1.807, 2.05) is 38.1 Å². The molecular weight excluding hydrogens is 238 g/mol. The molecule has 106 valence electrons. The molecule has 19 heavy (non-hydrogen) atoms. The Morgan fingerprint density at radius 3 is 2.16 bits per heavy atom. The van der Waals surface area contributed by atoms with Gasteiger partial charge in [-0.05, 0) is 44.0 Å². The molecule has 0 radical (unpaired) electrons. The Labute approximate surface area is 116 Å². The molecule has 0 heterocycles. The maximum absolute atomic E-state index is 11.8. The number of nitrogens with zero attached hydrogens (tertiary/aromatic N) is 1. The fourth-order valence-corrected chi connectivity index (χ4v) is 1.87. The molecule has 0 aliphatic heterocycles. The van der Waals surface area contributed by atoms with Gasteiger partial charge in [-0.15, -0.1) is 0 Å². The first kappa shape index (κ1) is 15.5. The van der Waals surface area contributed by atoms with E-state index in [1.54, 1.807) is 0 Å². The van der Waals surface area contributed by atoms with Crippen molar-refractivity contribution in [3.05, 3.63) is 24.3 Å². The van der Waals surface area contributed by atoms with Gasteiger partial charge in [-0.2, -0.15) is 0 Å². The molecule has 1 aromatic carbocycles. The summed E-state index contributed by atoms with van der Waals surface area (Å²) in [6, 6.07) is 7.40. The third-order valence-corrected chi connectivity index (χ3v) is 3.28. The van der Waals surface area contributed by atoms with E-state index in [0.29, 0.717) is 0 Å². The Hall–Kier alpha value is -1.55. The van der Waals surface area contributed by atoms with Crippen LogP contribution in [0.25, 0.3) is 0 Å². The molecule has 0 aliphatic carbocycles. The lowest BCUT2D eigenvalue weighted by molar-refractivity contribution is -0.118. The van der Waals surface area contributed by atoms with Crippen molar-refractivity contribution in [2.24, 2.45) is 11.7 Å². The molecule has 0 spiro atoms. The SMILES string of the molecule is CCN(CC)c1ccc(NC(=O)C(N)C(C)C)cc1. The zero-order valence-electron chi connectivity index (χ0n) is 12.3. The van der Waals surface area contributed by atoms with E-state index in [0.717, 1.165) is 24.5 Å². The number of anilines is 2. The Morgan fingerprint density at radius 2 is 1.74 bits per heavy atom. The molecule has 1 atom stereocenters. The highest BCUT2D eigenvalue weighted by Gasteiger charge is 2.17. The van der Waals surface area contributed by atoms with Gasteiger partial charge in [0.2, 0.25) is 5.91 Å². The number of hydrogen-bond acceptors (Lipinski definition) is 3. The molecule has 1 aromatic rings. The molecule has 0 saturated heterocycles. The average Bonchev–Trinajstić information content (AvgIpc) is 2.41. The molecule has 0 aliphatic rings. The van der Waals surface area contributed by atoms with Gasteiger partial charge in [0, 0.05) is 24.5 Å². The molecule has 3 N–H and O–H groups in total. The van der Waals surface area contributed by atoms with Gasteiger partial charge in [-0.3, -0.25) is 4.79 Å². The van der Waals surface area contributed by atoms with Crippen molar-refractivity contribution in [3.8, 4) is 0 Å². The highest BCUT2D eigenvalue weighted by molar-refractivity contribution is 5.94. The van der Waals surface area contributed by atoms with Gasteiger partial charge in [-0.25, -0.2) is 0 Å². The van der Waals surface area contributed by atoms with Crippen LogP contribution in [0.2, 0.25) is 0 Å². The lowest BCUT2D eigenvalue weighted by Crippen LogP contribution is -2.39. The molecule has 4 heteroatoms. The van der Waals surface area contributed by atoms with E-state index in [9.17, 15) is 4.79 Å². The van der Waals surface area contributed by atoms with Gasteiger partial charge in [0.25, 0.3) is 0 Å². The summed E-state index contributed by atoms with van der Waals surface area (Å²) in [4.78, 5) is 14.1. The lowest BCUT2D eigenvalue weighted by Gasteiger charge is -2.21. The zero-order valence-corrected chi connectivity index (χ0v) is 12.3. The standard InChI is InChI=1S/C15H25N3O/c1-5-18(6-2)13-9-7-12(8-10-13)17-15(19)14(16)11(3)4/h7-11,14H,5-6,16H2,1-4H3,(H,17,19). The summed E-state index contributed by atoms with van der Waals surface area (Å²) in [6.07, 6.45) is 0. The van der Waals surface area contributed by atoms with Crippen LogP contribution in [0.3, 0.4) is 0 Å². The Balaban J connectivity index is 2.69. The van der Waals surface area contributed by atoms with Gasteiger partial charge >= 0.3 is 0 Å². The van der Waals surface area contributed by atoms with Crippen molar-refractivity contribution < 1.29 is 4.79 Å². The number of carbonyl (C=O) groups is 1. The summed E-state index contributed by atoms with van der Waals surface area (Å²) >= 11 is 0. The molecule has 0 bridgehead atoms. The molecule has 4 nitrogen and oxygen atoms in total. The van der Waals surface area contributed by atoms with Crippen molar-refractivity contribution in [1.29, 1.82) is 0 Å². The largest absolute Gasteiger partial charge is 0.372 e. The predicted octanol–water partition coefficient (Wildman–Crippen LogP) is 2.45. The van der Waals surface area contributed by atoms with E-state index >= 15 is 0 Å².